The van der Waals surface area contributed by atoms with Gasteiger partial charge in [0.2, 0.25) is 0 Å². The van der Waals surface area contributed by atoms with Crippen molar-refractivity contribution in [3.63, 3.8) is 0 Å². The average Bonchev–Trinajstić information content (AvgIpc) is 2.28. The molecule has 3 rings (SSSR count). The Balaban J connectivity index is 2.62. The lowest BCUT2D eigenvalue weighted by Gasteiger charge is -1.99. The molecule has 0 fully saturated rings. The lowest BCUT2D eigenvalue weighted by Crippen LogP contribution is -1.97. The highest BCUT2D eigenvalue weighted by Gasteiger charge is 2.05. The molecule has 0 aliphatic rings. The van der Waals surface area contributed by atoms with Crippen LogP contribution in [0.5, 0.6) is 0 Å². The lowest BCUT2D eigenvalue weighted by atomic mass is 10.1. The van der Waals surface area contributed by atoms with Crippen LogP contribution < -0.4 is 11.3 Å². The van der Waals surface area contributed by atoms with Gasteiger partial charge in [-0.15, -0.1) is 0 Å². The molecule has 0 aliphatic heterocycles. The molecule has 1 aromatic carbocycles. The van der Waals surface area contributed by atoms with E-state index in [1.165, 1.54) is 12.1 Å². The fourth-order valence-electron chi connectivity index (χ4n) is 1.68. The Morgan fingerprint density at radius 2 is 1.44 bits per heavy atom. The summed E-state index contributed by atoms with van der Waals surface area (Å²) in [6.07, 6.45) is 0. The highest BCUT2D eigenvalue weighted by molar-refractivity contribution is 6.01. The van der Waals surface area contributed by atoms with Crippen LogP contribution in [-0.2, 0) is 0 Å². The van der Waals surface area contributed by atoms with Crippen LogP contribution in [0.1, 0.15) is 0 Å². The minimum Gasteiger partial charge on any atom is -0.423 e. The van der Waals surface area contributed by atoms with E-state index in [1.54, 1.807) is 24.3 Å². The Labute approximate surface area is 88.7 Å². The summed E-state index contributed by atoms with van der Waals surface area (Å²) in [5.74, 6) is 0. The van der Waals surface area contributed by atoms with Gasteiger partial charge in [0.1, 0.15) is 11.2 Å². The Kier molecular flexibility index (Phi) is 1.71. The smallest absolute Gasteiger partial charge is 0.336 e. The molecule has 3 aromatic rings. The fourth-order valence-corrected chi connectivity index (χ4v) is 1.68. The molecule has 2 aromatic heterocycles. The third-order valence-electron chi connectivity index (χ3n) is 2.38. The summed E-state index contributed by atoms with van der Waals surface area (Å²) in [5.41, 5.74) is -0.000530. The summed E-state index contributed by atoms with van der Waals surface area (Å²) in [5, 5.41) is 1.41. The van der Waals surface area contributed by atoms with E-state index < -0.39 is 11.3 Å². The molecule has 0 unspecified atom stereocenters. The topological polar surface area (TPSA) is 60.4 Å². The Bertz CT molecular complexity index is 795. The molecule has 0 radical (unpaired) electrons. The first-order valence-electron chi connectivity index (χ1n) is 4.71. The lowest BCUT2D eigenvalue weighted by molar-refractivity contribution is 0.552. The van der Waals surface area contributed by atoms with Gasteiger partial charge in [0.05, 0.1) is 5.39 Å². The predicted molar refractivity (Wildman–Crippen MR) is 58.5 cm³/mol. The van der Waals surface area contributed by atoms with Gasteiger partial charge in [-0.1, -0.05) is 0 Å². The van der Waals surface area contributed by atoms with Gasteiger partial charge in [0, 0.05) is 17.5 Å². The van der Waals surface area contributed by atoms with E-state index in [0.717, 1.165) is 5.39 Å². The van der Waals surface area contributed by atoms with E-state index in [4.69, 9.17) is 8.83 Å². The molecule has 0 amide bonds. The van der Waals surface area contributed by atoms with E-state index in [1.807, 2.05) is 0 Å². The number of benzene rings is 1. The highest BCUT2D eigenvalue weighted by Crippen LogP contribution is 2.22. The van der Waals surface area contributed by atoms with Crippen LogP contribution in [0.25, 0.3) is 21.9 Å². The van der Waals surface area contributed by atoms with Crippen molar-refractivity contribution in [3.05, 3.63) is 57.2 Å². The van der Waals surface area contributed by atoms with E-state index >= 15 is 0 Å². The summed E-state index contributed by atoms with van der Waals surface area (Å²) in [4.78, 5) is 22.2. The molecular weight excluding hydrogens is 208 g/mol. The summed E-state index contributed by atoms with van der Waals surface area (Å²) in [6, 6.07) is 9.34. The summed E-state index contributed by atoms with van der Waals surface area (Å²) < 4.78 is 10.1. The standard InChI is InChI=1S/C12H6O4/c13-10-6-3-8-9(15-10)4-1-7-2-5-11(14)16-12(7)8/h1-6H. The van der Waals surface area contributed by atoms with Crippen LogP contribution in [0.3, 0.4) is 0 Å². The van der Waals surface area contributed by atoms with Gasteiger partial charge < -0.3 is 8.83 Å². The first-order chi connectivity index (χ1) is 7.74. The quantitative estimate of drug-likeness (QED) is 0.423. The van der Waals surface area contributed by atoms with Crippen molar-refractivity contribution < 1.29 is 8.83 Å². The molecule has 4 heteroatoms. The van der Waals surface area contributed by atoms with Crippen LogP contribution >= 0.6 is 0 Å². The van der Waals surface area contributed by atoms with E-state index in [2.05, 4.69) is 0 Å². The molecule has 0 saturated heterocycles. The van der Waals surface area contributed by atoms with Crippen molar-refractivity contribution in [2.45, 2.75) is 0 Å². The van der Waals surface area contributed by atoms with Crippen molar-refractivity contribution in [3.8, 4) is 0 Å². The predicted octanol–water partition coefficient (Wildman–Crippen LogP) is 1.90. The first-order valence-corrected chi connectivity index (χ1v) is 4.71. The van der Waals surface area contributed by atoms with Crippen LogP contribution in [0.2, 0.25) is 0 Å². The molecule has 2 heterocycles. The van der Waals surface area contributed by atoms with Gasteiger partial charge in [0.25, 0.3) is 0 Å². The van der Waals surface area contributed by atoms with Crippen LogP contribution in [-0.4, -0.2) is 0 Å². The molecule has 78 valence electrons. The second kappa shape index (κ2) is 3.06. The Hall–Kier alpha value is -2.36. The zero-order chi connectivity index (χ0) is 11.1. The Morgan fingerprint density at radius 1 is 0.750 bits per heavy atom. The normalized spacial score (nSPS) is 11.0. The molecule has 0 bridgehead atoms. The second-order valence-electron chi connectivity index (χ2n) is 3.40. The van der Waals surface area contributed by atoms with Gasteiger partial charge in [-0.05, 0) is 24.3 Å². The molecule has 0 N–H and O–H groups in total. The molecular formula is C12H6O4. The SMILES string of the molecule is O=c1ccc2c(ccc3ccc(=O)oc32)o1. The maximum absolute atomic E-state index is 11.1. The number of rotatable bonds is 0. The van der Waals surface area contributed by atoms with Gasteiger partial charge >= 0.3 is 11.3 Å². The minimum absolute atomic E-state index is 0.411. The molecule has 0 spiro atoms. The van der Waals surface area contributed by atoms with Crippen molar-refractivity contribution in [2.24, 2.45) is 0 Å². The summed E-state index contributed by atoms with van der Waals surface area (Å²) in [6.45, 7) is 0. The van der Waals surface area contributed by atoms with Gasteiger partial charge in [-0.3, -0.25) is 0 Å². The summed E-state index contributed by atoms with van der Waals surface area (Å²) >= 11 is 0. The Morgan fingerprint density at radius 3 is 2.31 bits per heavy atom. The maximum Gasteiger partial charge on any atom is 0.336 e. The average molecular weight is 214 g/mol. The molecule has 4 nitrogen and oxygen atoms in total. The third kappa shape index (κ3) is 1.24. The highest BCUT2D eigenvalue weighted by atomic mass is 16.4. The van der Waals surface area contributed by atoms with Crippen LogP contribution in [0.4, 0.5) is 0 Å². The van der Waals surface area contributed by atoms with Crippen molar-refractivity contribution in [2.75, 3.05) is 0 Å². The van der Waals surface area contributed by atoms with Crippen molar-refractivity contribution >= 4 is 21.9 Å². The second-order valence-corrected chi connectivity index (χ2v) is 3.40. The van der Waals surface area contributed by atoms with Crippen LogP contribution in [0.15, 0.2) is 54.8 Å². The van der Waals surface area contributed by atoms with Crippen LogP contribution in [0, 0.1) is 0 Å². The number of hydrogen-bond donors (Lipinski definition) is 0. The largest absolute Gasteiger partial charge is 0.423 e. The van der Waals surface area contributed by atoms with E-state index in [-0.39, 0.29) is 0 Å². The van der Waals surface area contributed by atoms with Crippen molar-refractivity contribution in [1.82, 2.24) is 0 Å². The van der Waals surface area contributed by atoms with Gasteiger partial charge in [-0.2, -0.15) is 0 Å². The van der Waals surface area contributed by atoms with Gasteiger partial charge in [0.15, 0.2) is 0 Å². The maximum atomic E-state index is 11.1. The first kappa shape index (κ1) is 8.91. The molecule has 16 heavy (non-hydrogen) atoms. The number of hydrogen-bond acceptors (Lipinski definition) is 4. The third-order valence-corrected chi connectivity index (χ3v) is 2.38. The minimum atomic E-state index is -0.426. The zero-order valence-corrected chi connectivity index (χ0v) is 8.10. The molecule has 0 aliphatic carbocycles. The molecule has 0 saturated carbocycles. The zero-order valence-electron chi connectivity index (χ0n) is 8.10. The number of fused-ring (bicyclic) bond motifs is 3. The molecule has 0 atom stereocenters. The fraction of sp³-hybridized carbons (Fsp3) is 0. The van der Waals surface area contributed by atoms with E-state index in [0.29, 0.717) is 16.6 Å². The monoisotopic (exact) mass is 214 g/mol. The summed E-state index contributed by atoms with van der Waals surface area (Å²) in [7, 11) is 0. The van der Waals surface area contributed by atoms with Crippen molar-refractivity contribution in [1.29, 1.82) is 0 Å². The van der Waals surface area contributed by atoms with Gasteiger partial charge in [-0.25, -0.2) is 9.59 Å². The van der Waals surface area contributed by atoms with E-state index in [9.17, 15) is 9.59 Å².